The summed E-state index contributed by atoms with van der Waals surface area (Å²) >= 11 is 0. The Kier molecular flexibility index (Phi) is 4.55. The standard InChI is InChI=1S/C17H23N3O/c1-21-17-8-4-5-14(11-17)12-18-13-15-9-10-20(19-15)16-6-2-3-7-16/h4-5,8-11,16,18H,2-3,6-7,12-13H2,1H3. The molecule has 1 N–H and O–H groups in total. The van der Waals surface area contributed by atoms with Gasteiger partial charge in [0.25, 0.3) is 0 Å². The molecule has 4 heteroatoms. The maximum absolute atomic E-state index is 5.24. The van der Waals surface area contributed by atoms with E-state index in [0.29, 0.717) is 6.04 Å². The summed E-state index contributed by atoms with van der Waals surface area (Å²) < 4.78 is 7.38. The van der Waals surface area contributed by atoms with Crippen molar-refractivity contribution in [2.75, 3.05) is 7.11 Å². The van der Waals surface area contributed by atoms with Gasteiger partial charge in [-0.25, -0.2) is 0 Å². The lowest BCUT2D eigenvalue weighted by Gasteiger charge is -2.09. The average molecular weight is 285 g/mol. The molecule has 0 amide bonds. The van der Waals surface area contributed by atoms with Gasteiger partial charge in [-0.05, 0) is 36.6 Å². The van der Waals surface area contributed by atoms with Crippen LogP contribution in [0.15, 0.2) is 36.5 Å². The first-order chi connectivity index (χ1) is 10.3. The van der Waals surface area contributed by atoms with Gasteiger partial charge < -0.3 is 10.1 Å². The fraction of sp³-hybridized carbons (Fsp3) is 0.471. The molecule has 21 heavy (non-hydrogen) atoms. The Bertz CT molecular complexity index is 573. The Morgan fingerprint density at radius 2 is 2.10 bits per heavy atom. The van der Waals surface area contributed by atoms with Crippen LogP contribution >= 0.6 is 0 Å². The molecule has 1 aliphatic rings. The Labute approximate surface area is 126 Å². The van der Waals surface area contributed by atoms with E-state index >= 15 is 0 Å². The van der Waals surface area contributed by atoms with Crippen LogP contribution in [0.1, 0.15) is 43.0 Å². The van der Waals surface area contributed by atoms with Gasteiger partial charge in [-0.15, -0.1) is 0 Å². The van der Waals surface area contributed by atoms with E-state index in [0.717, 1.165) is 24.5 Å². The maximum atomic E-state index is 5.24. The lowest BCUT2D eigenvalue weighted by molar-refractivity contribution is 0.414. The van der Waals surface area contributed by atoms with E-state index in [1.807, 2.05) is 12.1 Å². The van der Waals surface area contributed by atoms with Crippen molar-refractivity contribution < 1.29 is 4.74 Å². The number of rotatable bonds is 6. The van der Waals surface area contributed by atoms with Crippen LogP contribution in [-0.4, -0.2) is 16.9 Å². The second-order valence-electron chi connectivity index (χ2n) is 5.68. The highest BCUT2D eigenvalue weighted by Crippen LogP contribution is 2.28. The van der Waals surface area contributed by atoms with Crippen LogP contribution in [0.2, 0.25) is 0 Å². The van der Waals surface area contributed by atoms with Crippen molar-refractivity contribution in [3.63, 3.8) is 0 Å². The van der Waals surface area contributed by atoms with Crippen molar-refractivity contribution >= 4 is 0 Å². The Morgan fingerprint density at radius 3 is 2.90 bits per heavy atom. The minimum Gasteiger partial charge on any atom is -0.497 e. The molecular formula is C17H23N3O. The second-order valence-corrected chi connectivity index (χ2v) is 5.68. The number of nitrogens with zero attached hydrogens (tertiary/aromatic N) is 2. The molecule has 0 atom stereocenters. The third-order valence-electron chi connectivity index (χ3n) is 4.13. The summed E-state index contributed by atoms with van der Waals surface area (Å²) in [5, 5.41) is 8.13. The van der Waals surface area contributed by atoms with Gasteiger partial charge in [0.05, 0.1) is 18.8 Å². The first-order valence-corrected chi connectivity index (χ1v) is 7.73. The molecule has 1 aliphatic carbocycles. The summed E-state index contributed by atoms with van der Waals surface area (Å²) in [5.41, 5.74) is 2.34. The van der Waals surface area contributed by atoms with Gasteiger partial charge in [-0.3, -0.25) is 4.68 Å². The topological polar surface area (TPSA) is 39.1 Å². The molecule has 4 nitrogen and oxygen atoms in total. The highest BCUT2D eigenvalue weighted by molar-refractivity contribution is 5.28. The monoisotopic (exact) mass is 285 g/mol. The quantitative estimate of drug-likeness (QED) is 0.885. The van der Waals surface area contributed by atoms with Crippen LogP contribution in [0.25, 0.3) is 0 Å². The summed E-state index contributed by atoms with van der Waals surface area (Å²) in [6, 6.07) is 10.9. The molecule has 0 aliphatic heterocycles. The van der Waals surface area contributed by atoms with Gasteiger partial charge in [-0.1, -0.05) is 25.0 Å². The number of aromatic nitrogens is 2. The van der Waals surface area contributed by atoms with Crippen LogP contribution in [0, 0.1) is 0 Å². The molecule has 0 radical (unpaired) electrons. The van der Waals surface area contributed by atoms with Gasteiger partial charge >= 0.3 is 0 Å². The van der Waals surface area contributed by atoms with Crippen molar-refractivity contribution in [2.45, 2.75) is 44.8 Å². The lowest BCUT2D eigenvalue weighted by atomic mass is 10.2. The molecule has 1 saturated carbocycles. The average Bonchev–Trinajstić information content (AvgIpc) is 3.18. The Balaban J connectivity index is 1.50. The van der Waals surface area contributed by atoms with Crippen LogP contribution in [0.4, 0.5) is 0 Å². The molecule has 1 heterocycles. The molecule has 1 aromatic heterocycles. The Hall–Kier alpha value is -1.81. The maximum Gasteiger partial charge on any atom is 0.119 e. The molecule has 0 spiro atoms. The number of benzene rings is 1. The molecule has 112 valence electrons. The highest BCUT2D eigenvalue weighted by atomic mass is 16.5. The van der Waals surface area contributed by atoms with Crippen molar-refractivity contribution in [1.29, 1.82) is 0 Å². The number of hydrogen-bond acceptors (Lipinski definition) is 3. The number of hydrogen-bond donors (Lipinski definition) is 1. The Morgan fingerprint density at radius 1 is 1.24 bits per heavy atom. The molecule has 0 bridgehead atoms. The van der Waals surface area contributed by atoms with Gasteiger partial charge in [0.1, 0.15) is 5.75 Å². The molecule has 1 fully saturated rings. The minimum absolute atomic E-state index is 0.622. The summed E-state index contributed by atoms with van der Waals surface area (Å²) in [7, 11) is 1.70. The minimum atomic E-state index is 0.622. The molecule has 0 saturated heterocycles. The van der Waals surface area contributed by atoms with Gasteiger partial charge in [-0.2, -0.15) is 5.10 Å². The zero-order valence-electron chi connectivity index (χ0n) is 12.6. The van der Waals surface area contributed by atoms with E-state index in [4.69, 9.17) is 4.74 Å². The number of ether oxygens (including phenoxy) is 1. The SMILES string of the molecule is COc1cccc(CNCc2ccn(C3CCCC3)n2)c1. The first-order valence-electron chi connectivity index (χ1n) is 7.73. The van der Waals surface area contributed by atoms with Gasteiger partial charge in [0.15, 0.2) is 0 Å². The van der Waals surface area contributed by atoms with E-state index in [-0.39, 0.29) is 0 Å². The van der Waals surface area contributed by atoms with Gasteiger partial charge in [0, 0.05) is 19.3 Å². The van der Waals surface area contributed by atoms with E-state index in [2.05, 4.69) is 39.5 Å². The fourth-order valence-electron chi connectivity index (χ4n) is 2.96. The number of methoxy groups -OCH3 is 1. The summed E-state index contributed by atoms with van der Waals surface area (Å²) in [6.45, 7) is 1.63. The third-order valence-corrected chi connectivity index (χ3v) is 4.13. The zero-order chi connectivity index (χ0) is 14.5. The summed E-state index contributed by atoms with van der Waals surface area (Å²) in [6.07, 6.45) is 7.36. The normalized spacial score (nSPS) is 15.5. The van der Waals surface area contributed by atoms with E-state index in [1.54, 1.807) is 7.11 Å². The molecular weight excluding hydrogens is 262 g/mol. The van der Waals surface area contributed by atoms with Crippen molar-refractivity contribution in [3.05, 3.63) is 47.8 Å². The third kappa shape index (κ3) is 3.64. The largest absolute Gasteiger partial charge is 0.497 e. The van der Waals surface area contributed by atoms with Crippen LogP contribution in [0.3, 0.4) is 0 Å². The van der Waals surface area contributed by atoms with Crippen molar-refractivity contribution in [2.24, 2.45) is 0 Å². The predicted octanol–water partition coefficient (Wildman–Crippen LogP) is 3.30. The zero-order valence-corrected chi connectivity index (χ0v) is 12.6. The van der Waals surface area contributed by atoms with E-state index < -0.39 is 0 Å². The summed E-state index contributed by atoms with van der Waals surface area (Å²) in [4.78, 5) is 0. The molecule has 1 aromatic carbocycles. The number of nitrogens with one attached hydrogen (secondary N) is 1. The van der Waals surface area contributed by atoms with Crippen molar-refractivity contribution in [1.82, 2.24) is 15.1 Å². The van der Waals surface area contributed by atoms with E-state index in [9.17, 15) is 0 Å². The van der Waals surface area contributed by atoms with Crippen molar-refractivity contribution in [3.8, 4) is 5.75 Å². The van der Waals surface area contributed by atoms with Crippen LogP contribution in [-0.2, 0) is 13.1 Å². The van der Waals surface area contributed by atoms with Crippen LogP contribution in [0.5, 0.6) is 5.75 Å². The summed E-state index contributed by atoms with van der Waals surface area (Å²) in [5.74, 6) is 0.903. The predicted molar refractivity (Wildman–Crippen MR) is 83.3 cm³/mol. The molecule has 2 aromatic rings. The smallest absolute Gasteiger partial charge is 0.119 e. The lowest BCUT2D eigenvalue weighted by Crippen LogP contribution is -2.14. The highest BCUT2D eigenvalue weighted by Gasteiger charge is 2.17. The fourth-order valence-corrected chi connectivity index (χ4v) is 2.96. The van der Waals surface area contributed by atoms with E-state index in [1.165, 1.54) is 31.2 Å². The van der Waals surface area contributed by atoms with Gasteiger partial charge in [0.2, 0.25) is 0 Å². The van der Waals surface area contributed by atoms with Crippen LogP contribution < -0.4 is 10.1 Å². The molecule has 3 rings (SSSR count). The molecule has 0 unspecified atom stereocenters. The second kappa shape index (κ2) is 6.76. The first kappa shape index (κ1) is 14.1.